The molecule has 1 aromatic heterocycles. The molecule has 2 rings (SSSR count). The number of hydrogen-bond donors (Lipinski definition) is 1. The van der Waals surface area contributed by atoms with Gasteiger partial charge >= 0.3 is 0 Å². The minimum Gasteiger partial charge on any atom is -0.386 e. The molecule has 19 heavy (non-hydrogen) atoms. The van der Waals surface area contributed by atoms with Crippen molar-refractivity contribution in [2.45, 2.75) is 52.6 Å². The molecule has 0 saturated heterocycles. The summed E-state index contributed by atoms with van der Waals surface area (Å²) in [5, 5.41) is 11.5. The molecule has 0 atom stereocenters. The number of aliphatic hydroxyl groups is 1. The van der Waals surface area contributed by atoms with Crippen LogP contribution in [0.25, 0.3) is 10.9 Å². The average Bonchev–Trinajstić information content (AvgIpc) is 2.25. The first-order valence-electron chi connectivity index (χ1n) is 6.74. The Morgan fingerprint density at radius 2 is 1.68 bits per heavy atom. The number of aromatic nitrogens is 1. The third-order valence-corrected chi connectivity index (χ3v) is 3.47. The number of hydrogen-bond acceptors (Lipinski definition) is 2. The van der Waals surface area contributed by atoms with Gasteiger partial charge in [0.05, 0.1) is 11.1 Å². The van der Waals surface area contributed by atoms with Crippen molar-refractivity contribution >= 4 is 10.9 Å². The van der Waals surface area contributed by atoms with E-state index in [0.29, 0.717) is 0 Å². The van der Waals surface area contributed by atoms with Crippen LogP contribution in [0.3, 0.4) is 0 Å². The molecule has 0 radical (unpaired) electrons. The van der Waals surface area contributed by atoms with Crippen LogP contribution >= 0.6 is 0 Å². The number of fused-ring (bicyclic) bond motifs is 1. The van der Waals surface area contributed by atoms with Gasteiger partial charge in [-0.2, -0.15) is 0 Å². The van der Waals surface area contributed by atoms with E-state index in [1.54, 1.807) is 0 Å². The maximum atomic E-state index is 10.4. The number of nitrogens with zero attached hydrogens (tertiary/aromatic N) is 1. The number of pyridine rings is 1. The summed E-state index contributed by atoms with van der Waals surface area (Å²) in [6.07, 6.45) is 0. The number of para-hydroxylation sites is 1. The van der Waals surface area contributed by atoms with Gasteiger partial charge < -0.3 is 5.11 Å². The van der Waals surface area contributed by atoms with Gasteiger partial charge in [0.2, 0.25) is 0 Å². The first kappa shape index (κ1) is 14.0. The molecule has 0 spiro atoms. The van der Waals surface area contributed by atoms with Crippen LogP contribution in [0, 0.1) is 6.92 Å². The summed E-state index contributed by atoms with van der Waals surface area (Å²) in [6.45, 7) is 12.2. The van der Waals surface area contributed by atoms with Crippen LogP contribution in [-0.4, -0.2) is 10.1 Å². The molecular formula is C17H23NO. The Morgan fingerprint density at radius 1 is 1.05 bits per heavy atom. The predicted octanol–water partition coefficient (Wildman–Crippen LogP) is 4.07. The molecule has 1 heterocycles. The van der Waals surface area contributed by atoms with Crippen molar-refractivity contribution in [2.75, 3.05) is 0 Å². The molecule has 1 N–H and O–H groups in total. The molecule has 2 aromatic rings. The fourth-order valence-corrected chi connectivity index (χ4v) is 2.28. The first-order chi connectivity index (χ1) is 8.60. The molecule has 0 saturated carbocycles. The molecule has 0 aliphatic carbocycles. The van der Waals surface area contributed by atoms with Gasteiger partial charge in [-0.05, 0) is 38.0 Å². The van der Waals surface area contributed by atoms with Crippen LogP contribution in [0.4, 0.5) is 0 Å². The van der Waals surface area contributed by atoms with E-state index >= 15 is 0 Å². The van der Waals surface area contributed by atoms with Gasteiger partial charge in [-0.1, -0.05) is 39.0 Å². The largest absolute Gasteiger partial charge is 0.386 e. The summed E-state index contributed by atoms with van der Waals surface area (Å²) in [7, 11) is 0. The summed E-state index contributed by atoms with van der Waals surface area (Å²) >= 11 is 0. The molecule has 2 heteroatoms. The van der Waals surface area contributed by atoms with E-state index < -0.39 is 5.60 Å². The van der Waals surface area contributed by atoms with Crippen molar-refractivity contribution in [3.05, 3.63) is 41.1 Å². The molecule has 0 amide bonds. The predicted molar refractivity (Wildman–Crippen MR) is 80.4 cm³/mol. The van der Waals surface area contributed by atoms with Gasteiger partial charge in [-0.15, -0.1) is 0 Å². The Labute approximate surface area is 115 Å². The summed E-state index contributed by atoms with van der Waals surface area (Å²) < 4.78 is 0. The van der Waals surface area contributed by atoms with Crippen LogP contribution < -0.4 is 0 Å². The average molecular weight is 257 g/mol. The van der Waals surface area contributed by atoms with Crippen molar-refractivity contribution in [3.63, 3.8) is 0 Å². The molecule has 102 valence electrons. The molecule has 0 unspecified atom stereocenters. The minimum absolute atomic E-state index is 0.0313. The third-order valence-electron chi connectivity index (χ3n) is 3.47. The highest BCUT2D eigenvalue weighted by atomic mass is 16.3. The topological polar surface area (TPSA) is 33.1 Å². The molecule has 1 aromatic carbocycles. The van der Waals surface area contributed by atoms with Gasteiger partial charge in [-0.3, -0.25) is 4.98 Å². The number of aryl methyl sites for hydroxylation is 1. The molecule has 0 aliphatic rings. The maximum absolute atomic E-state index is 10.4. The fraction of sp³-hybridized carbons (Fsp3) is 0.471. The zero-order chi connectivity index (χ0) is 14.4. The Bertz CT molecular complexity index is 615. The van der Waals surface area contributed by atoms with E-state index in [-0.39, 0.29) is 5.41 Å². The smallest absolute Gasteiger partial charge is 0.0847 e. The van der Waals surface area contributed by atoms with E-state index in [1.165, 1.54) is 0 Å². The molecule has 0 fully saturated rings. The number of rotatable bonds is 1. The Hall–Kier alpha value is -1.41. The lowest BCUT2D eigenvalue weighted by Crippen LogP contribution is -2.20. The monoisotopic (exact) mass is 257 g/mol. The Balaban J connectivity index is 2.89. The van der Waals surface area contributed by atoms with Crippen molar-refractivity contribution in [2.24, 2.45) is 0 Å². The standard InChI is InChI=1S/C17H23NO/c1-11-8-7-9-12-13(17(5,6)19)10-14(16(2,3)4)18-15(11)12/h7-10,19H,1-6H3. The van der Waals surface area contributed by atoms with Crippen LogP contribution in [0.15, 0.2) is 24.3 Å². The van der Waals surface area contributed by atoms with Crippen LogP contribution in [0.2, 0.25) is 0 Å². The lowest BCUT2D eigenvalue weighted by molar-refractivity contribution is 0.0800. The third kappa shape index (κ3) is 2.64. The molecule has 0 aliphatic heterocycles. The van der Waals surface area contributed by atoms with E-state index in [1.807, 2.05) is 32.0 Å². The van der Waals surface area contributed by atoms with Gasteiger partial charge in [0.15, 0.2) is 0 Å². The van der Waals surface area contributed by atoms with E-state index in [9.17, 15) is 5.11 Å². The quantitative estimate of drug-likeness (QED) is 0.835. The van der Waals surface area contributed by atoms with Crippen molar-refractivity contribution in [3.8, 4) is 0 Å². The van der Waals surface area contributed by atoms with E-state index in [4.69, 9.17) is 4.98 Å². The minimum atomic E-state index is -0.866. The van der Waals surface area contributed by atoms with E-state index in [2.05, 4.69) is 33.8 Å². The second-order valence-electron chi connectivity index (χ2n) is 6.84. The van der Waals surface area contributed by atoms with Crippen molar-refractivity contribution in [1.29, 1.82) is 0 Å². The first-order valence-corrected chi connectivity index (χ1v) is 6.74. The lowest BCUT2D eigenvalue weighted by Gasteiger charge is -2.25. The Morgan fingerprint density at radius 3 is 2.21 bits per heavy atom. The highest BCUT2D eigenvalue weighted by Crippen LogP contribution is 2.33. The molecule has 2 nitrogen and oxygen atoms in total. The number of benzene rings is 1. The summed E-state index contributed by atoms with van der Waals surface area (Å²) in [5.74, 6) is 0. The highest BCUT2D eigenvalue weighted by Gasteiger charge is 2.24. The second-order valence-corrected chi connectivity index (χ2v) is 6.84. The van der Waals surface area contributed by atoms with E-state index in [0.717, 1.165) is 27.7 Å². The van der Waals surface area contributed by atoms with Crippen LogP contribution in [-0.2, 0) is 11.0 Å². The van der Waals surface area contributed by atoms with Crippen molar-refractivity contribution in [1.82, 2.24) is 4.98 Å². The molecular weight excluding hydrogens is 234 g/mol. The zero-order valence-corrected chi connectivity index (χ0v) is 12.7. The SMILES string of the molecule is Cc1cccc2c(C(C)(C)O)cc(C(C)(C)C)nc12. The highest BCUT2D eigenvalue weighted by molar-refractivity contribution is 5.86. The fourth-order valence-electron chi connectivity index (χ4n) is 2.28. The van der Waals surface area contributed by atoms with Crippen LogP contribution in [0.5, 0.6) is 0 Å². The zero-order valence-electron chi connectivity index (χ0n) is 12.7. The van der Waals surface area contributed by atoms with Crippen molar-refractivity contribution < 1.29 is 5.11 Å². The van der Waals surface area contributed by atoms with Gasteiger partial charge in [0.25, 0.3) is 0 Å². The summed E-state index contributed by atoms with van der Waals surface area (Å²) in [4.78, 5) is 4.81. The van der Waals surface area contributed by atoms with Crippen LogP contribution in [0.1, 0.15) is 51.4 Å². The lowest BCUT2D eigenvalue weighted by atomic mass is 9.86. The maximum Gasteiger partial charge on any atom is 0.0847 e. The summed E-state index contributed by atoms with van der Waals surface area (Å²) in [5.41, 5.74) is 3.21. The Kier molecular flexibility index (Phi) is 3.18. The normalized spacial score (nSPS) is 13.0. The van der Waals surface area contributed by atoms with Gasteiger partial charge in [0.1, 0.15) is 0 Å². The van der Waals surface area contributed by atoms with Gasteiger partial charge in [-0.25, -0.2) is 0 Å². The second kappa shape index (κ2) is 4.31. The van der Waals surface area contributed by atoms with Gasteiger partial charge in [0, 0.05) is 16.5 Å². The molecule has 0 bridgehead atoms. The summed E-state index contributed by atoms with van der Waals surface area (Å²) in [6, 6.07) is 8.16.